The molecule has 4 heteroatoms. The fraction of sp³-hybridized carbons (Fsp3) is 0.158. The van der Waals surface area contributed by atoms with Crippen molar-refractivity contribution in [3.8, 4) is 0 Å². The molecule has 0 saturated carbocycles. The van der Waals surface area contributed by atoms with E-state index in [1.165, 1.54) is 11.3 Å². The van der Waals surface area contributed by atoms with Gasteiger partial charge in [-0.2, -0.15) is 0 Å². The van der Waals surface area contributed by atoms with E-state index >= 15 is 0 Å². The van der Waals surface area contributed by atoms with Crippen LogP contribution in [0.15, 0.2) is 72.8 Å². The molecule has 0 amide bonds. The zero-order chi connectivity index (χ0) is 16.0. The van der Waals surface area contributed by atoms with Gasteiger partial charge in [-0.05, 0) is 36.1 Å². The minimum atomic E-state index is -1.46. The molecule has 3 nitrogen and oxygen atoms in total. The maximum Gasteiger partial charge on any atom is 0.488 e. The summed E-state index contributed by atoms with van der Waals surface area (Å²) in [5, 5.41) is 19.0. The van der Waals surface area contributed by atoms with Gasteiger partial charge in [0.15, 0.2) is 0 Å². The maximum absolute atomic E-state index is 9.48. The zero-order valence-corrected chi connectivity index (χ0v) is 12.9. The molecule has 0 spiro atoms. The molecule has 2 N–H and O–H groups in total. The Morgan fingerprint density at radius 3 is 2.70 bits per heavy atom. The number of rotatable bonds is 2. The van der Waals surface area contributed by atoms with Crippen LogP contribution in [0, 0.1) is 0 Å². The SMILES string of the molecule is CC12C=CC=CC1N(c1cccc(B(O)O)c1)c1ccccc12. The Kier molecular flexibility index (Phi) is 3.18. The number of allylic oxidation sites excluding steroid dienone is 2. The van der Waals surface area contributed by atoms with Crippen LogP contribution in [-0.2, 0) is 5.41 Å². The van der Waals surface area contributed by atoms with E-state index in [-0.39, 0.29) is 11.5 Å². The van der Waals surface area contributed by atoms with Crippen molar-refractivity contribution in [3.63, 3.8) is 0 Å². The van der Waals surface area contributed by atoms with Gasteiger partial charge in [-0.1, -0.05) is 54.6 Å². The molecule has 2 atom stereocenters. The summed E-state index contributed by atoms with van der Waals surface area (Å²) in [4.78, 5) is 2.28. The summed E-state index contributed by atoms with van der Waals surface area (Å²) in [7, 11) is -1.46. The first-order chi connectivity index (χ1) is 11.1. The Hall–Kier alpha value is -2.30. The van der Waals surface area contributed by atoms with E-state index in [4.69, 9.17) is 0 Å². The first-order valence-corrected chi connectivity index (χ1v) is 7.82. The van der Waals surface area contributed by atoms with Gasteiger partial charge in [0.25, 0.3) is 0 Å². The fourth-order valence-electron chi connectivity index (χ4n) is 3.75. The molecular formula is C19H18BNO2. The Bertz CT molecular complexity index is 815. The van der Waals surface area contributed by atoms with Crippen LogP contribution in [0.1, 0.15) is 12.5 Å². The highest BCUT2D eigenvalue weighted by Crippen LogP contribution is 2.50. The van der Waals surface area contributed by atoms with E-state index in [0.29, 0.717) is 5.46 Å². The predicted octanol–water partition coefficient (Wildman–Crippen LogP) is 2.27. The number of hydrogen-bond donors (Lipinski definition) is 2. The standard InChI is InChI=1S/C19H18BNO2/c1-19-12-5-4-11-18(19)21(17-10-3-2-9-16(17)19)15-8-6-7-14(13-15)20(22)23/h2-13,18,22-23H,1H3. The van der Waals surface area contributed by atoms with Gasteiger partial charge in [-0.3, -0.25) is 0 Å². The van der Waals surface area contributed by atoms with Crippen molar-refractivity contribution in [3.05, 3.63) is 78.4 Å². The van der Waals surface area contributed by atoms with Crippen LogP contribution in [0.25, 0.3) is 0 Å². The van der Waals surface area contributed by atoms with Crippen molar-refractivity contribution in [2.75, 3.05) is 4.90 Å². The van der Waals surface area contributed by atoms with E-state index < -0.39 is 7.12 Å². The molecule has 2 aliphatic rings. The molecule has 1 heterocycles. The molecule has 2 aromatic rings. The second-order valence-electron chi connectivity index (χ2n) is 6.33. The Morgan fingerprint density at radius 2 is 1.87 bits per heavy atom. The average Bonchev–Trinajstić information content (AvgIpc) is 2.84. The van der Waals surface area contributed by atoms with Crippen molar-refractivity contribution in [2.45, 2.75) is 18.4 Å². The normalized spacial score (nSPS) is 24.5. The van der Waals surface area contributed by atoms with Crippen LogP contribution in [0.2, 0.25) is 0 Å². The lowest BCUT2D eigenvalue weighted by Gasteiger charge is -2.34. The lowest BCUT2D eigenvalue weighted by Crippen LogP contribution is -2.39. The third-order valence-electron chi connectivity index (χ3n) is 4.93. The summed E-state index contributed by atoms with van der Waals surface area (Å²) in [6.45, 7) is 2.25. The number of hydrogen-bond acceptors (Lipinski definition) is 3. The van der Waals surface area contributed by atoms with Gasteiger partial charge in [-0.15, -0.1) is 0 Å². The minimum Gasteiger partial charge on any atom is -0.423 e. The van der Waals surface area contributed by atoms with E-state index in [1.807, 2.05) is 24.3 Å². The van der Waals surface area contributed by atoms with Crippen LogP contribution >= 0.6 is 0 Å². The Balaban J connectivity index is 1.90. The van der Waals surface area contributed by atoms with Crippen molar-refractivity contribution >= 4 is 24.0 Å². The largest absolute Gasteiger partial charge is 0.488 e. The molecule has 0 radical (unpaired) electrons. The van der Waals surface area contributed by atoms with E-state index in [2.05, 4.69) is 54.3 Å². The third-order valence-corrected chi connectivity index (χ3v) is 4.93. The molecule has 114 valence electrons. The topological polar surface area (TPSA) is 43.7 Å². The van der Waals surface area contributed by atoms with Gasteiger partial charge in [0, 0.05) is 16.8 Å². The van der Waals surface area contributed by atoms with Gasteiger partial charge < -0.3 is 14.9 Å². The molecule has 1 aliphatic carbocycles. The summed E-state index contributed by atoms with van der Waals surface area (Å²) >= 11 is 0. The number of fused-ring (bicyclic) bond motifs is 3. The van der Waals surface area contributed by atoms with Crippen LogP contribution in [0.4, 0.5) is 11.4 Å². The predicted molar refractivity (Wildman–Crippen MR) is 94.3 cm³/mol. The van der Waals surface area contributed by atoms with Gasteiger partial charge in [0.2, 0.25) is 0 Å². The quantitative estimate of drug-likeness (QED) is 0.837. The highest BCUT2D eigenvalue weighted by Gasteiger charge is 2.46. The highest BCUT2D eigenvalue weighted by atomic mass is 16.4. The Morgan fingerprint density at radius 1 is 1.04 bits per heavy atom. The first-order valence-electron chi connectivity index (χ1n) is 7.82. The van der Waals surface area contributed by atoms with Crippen molar-refractivity contribution in [1.82, 2.24) is 0 Å². The molecule has 0 saturated heterocycles. The van der Waals surface area contributed by atoms with E-state index in [0.717, 1.165) is 5.69 Å². The third kappa shape index (κ3) is 2.06. The molecule has 1 aliphatic heterocycles. The van der Waals surface area contributed by atoms with Gasteiger partial charge in [0.1, 0.15) is 0 Å². The van der Waals surface area contributed by atoms with Crippen LogP contribution in [-0.4, -0.2) is 23.2 Å². The molecule has 0 fully saturated rings. The fourth-order valence-corrected chi connectivity index (χ4v) is 3.75. The van der Waals surface area contributed by atoms with E-state index in [1.54, 1.807) is 6.07 Å². The molecule has 0 bridgehead atoms. The highest BCUT2D eigenvalue weighted by molar-refractivity contribution is 6.58. The van der Waals surface area contributed by atoms with Crippen molar-refractivity contribution in [2.24, 2.45) is 0 Å². The number of anilines is 2. The second kappa shape index (κ2) is 5.12. The molecule has 4 rings (SSSR count). The Labute approximate surface area is 136 Å². The maximum atomic E-state index is 9.48. The van der Waals surface area contributed by atoms with Gasteiger partial charge in [0.05, 0.1) is 6.04 Å². The smallest absolute Gasteiger partial charge is 0.423 e. The summed E-state index contributed by atoms with van der Waals surface area (Å²) in [5.74, 6) is 0. The monoisotopic (exact) mass is 303 g/mol. The average molecular weight is 303 g/mol. The molecule has 0 aromatic heterocycles. The van der Waals surface area contributed by atoms with Gasteiger partial charge in [-0.25, -0.2) is 0 Å². The second-order valence-corrected chi connectivity index (χ2v) is 6.33. The van der Waals surface area contributed by atoms with Gasteiger partial charge >= 0.3 is 7.12 Å². The van der Waals surface area contributed by atoms with Crippen LogP contribution < -0.4 is 10.4 Å². The van der Waals surface area contributed by atoms with Crippen LogP contribution in [0.5, 0.6) is 0 Å². The summed E-state index contributed by atoms with van der Waals surface area (Å²) < 4.78 is 0. The van der Waals surface area contributed by atoms with E-state index in [9.17, 15) is 10.0 Å². The molecule has 2 aromatic carbocycles. The number of nitrogens with zero attached hydrogens (tertiary/aromatic N) is 1. The number of benzene rings is 2. The lowest BCUT2D eigenvalue weighted by molar-refractivity contribution is 0.426. The first kappa shape index (κ1) is 14.3. The summed E-state index contributed by atoms with van der Waals surface area (Å²) in [6, 6.07) is 16.1. The van der Waals surface area contributed by atoms with Crippen molar-refractivity contribution in [1.29, 1.82) is 0 Å². The molecule has 2 unspecified atom stereocenters. The molecular weight excluding hydrogens is 285 g/mol. The van der Waals surface area contributed by atoms with Crippen LogP contribution in [0.3, 0.4) is 0 Å². The summed E-state index contributed by atoms with van der Waals surface area (Å²) in [5.41, 5.74) is 3.85. The minimum absolute atomic E-state index is 0.0841. The lowest BCUT2D eigenvalue weighted by atomic mass is 9.76. The van der Waals surface area contributed by atoms with Crippen molar-refractivity contribution < 1.29 is 10.0 Å². The number of para-hydroxylation sites is 1. The zero-order valence-electron chi connectivity index (χ0n) is 12.9. The molecule has 23 heavy (non-hydrogen) atoms. The summed E-state index contributed by atoms with van der Waals surface area (Å²) in [6.07, 6.45) is 8.64.